The molecule has 3 rings (SSSR count). The van der Waals surface area contributed by atoms with Crippen LogP contribution in [0.2, 0.25) is 0 Å². The Morgan fingerprint density at radius 2 is 1.85 bits per heavy atom. The minimum absolute atomic E-state index is 0.0165. The van der Waals surface area contributed by atoms with Crippen molar-refractivity contribution >= 4 is 23.2 Å². The molecule has 0 spiro atoms. The summed E-state index contributed by atoms with van der Waals surface area (Å²) in [6.45, 7) is 3.28. The Morgan fingerprint density at radius 3 is 2.56 bits per heavy atom. The molecular weight excluding hydrogens is 340 g/mol. The SMILES string of the molecule is CCCCCOc1ccc(NC(=O)[C@@H]2CC(=O)N(c3ccccc3)C2)cc1. The maximum Gasteiger partial charge on any atom is 0.229 e. The summed E-state index contributed by atoms with van der Waals surface area (Å²) in [5.74, 6) is 0.314. The van der Waals surface area contributed by atoms with Crippen LogP contribution < -0.4 is 15.0 Å². The Kier molecular flexibility index (Phi) is 6.47. The fourth-order valence-electron chi connectivity index (χ4n) is 3.16. The van der Waals surface area contributed by atoms with Gasteiger partial charge >= 0.3 is 0 Å². The van der Waals surface area contributed by atoms with Crippen LogP contribution >= 0.6 is 0 Å². The van der Waals surface area contributed by atoms with E-state index in [9.17, 15) is 9.59 Å². The normalized spacial score (nSPS) is 16.4. The van der Waals surface area contributed by atoms with Crippen LogP contribution in [0.1, 0.15) is 32.6 Å². The maximum absolute atomic E-state index is 12.5. The molecule has 27 heavy (non-hydrogen) atoms. The smallest absolute Gasteiger partial charge is 0.229 e. The molecule has 1 aliphatic rings. The van der Waals surface area contributed by atoms with Crippen LogP contribution in [0.4, 0.5) is 11.4 Å². The van der Waals surface area contributed by atoms with Crippen LogP contribution in [-0.4, -0.2) is 25.0 Å². The van der Waals surface area contributed by atoms with Crippen molar-refractivity contribution in [1.82, 2.24) is 0 Å². The van der Waals surface area contributed by atoms with Gasteiger partial charge in [-0.2, -0.15) is 0 Å². The van der Waals surface area contributed by atoms with E-state index in [-0.39, 0.29) is 24.2 Å². The van der Waals surface area contributed by atoms with Crippen molar-refractivity contribution < 1.29 is 14.3 Å². The highest BCUT2D eigenvalue weighted by Gasteiger charge is 2.35. The van der Waals surface area contributed by atoms with E-state index in [1.807, 2.05) is 54.6 Å². The summed E-state index contributed by atoms with van der Waals surface area (Å²) in [7, 11) is 0. The van der Waals surface area contributed by atoms with Gasteiger partial charge in [-0.25, -0.2) is 0 Å². The van der Waals surface area contributed by atoms with Crippen LogP contribution in [0.25, 0.3) is 0 Å². The number of anilines is 2. The molecule has 1 N–H and O–H groups in total. The van der Waals surface area contributed by atoms with Crippen molar-refractivity contribution in [1.29, 1.82) is 0 Å². The molecule has 142 valence electrons. The monoisotopic (exact) mass is 366 g/mol. The molecule has 0 saturated carbocycles. The van der Waals surface area contributed by atoms with E-state index in [4.69, 9.17) is 4.74 Å². The molecule has 0 bridgehead atoms. The number of hydrogen-bond acceptors (Lipinski definition) is 3. The molecule has 5 nitrogen and oxygen atoms in total. The minimum atomic E-state index is -0.345. The van der Waals surface area contributed by atoms with E-state index in [1.165, 1.54) is 6.42 Å². The van der Waals surface area contributed by atoms with E-state index in [2.05, 4.69) is 12.2 Å². The molecule has 1 fully saturated rings. The van der Waals surface area contributed by atoms with Gasteiger partial charge in [-0.3, -0.25) is 9.59 Å². The van der Waals surface area contributed by atoms with Gasteiger partial charge in [-0.05, 0) is 42.8 Å². The van der Waals surface area contributed by atoms with Gasteiger partial charge in [0.2, 0.25) is 11.8 Å². The Bertz CT molecular complexity index is 759. The van der Waals surface area contributed by atoms with Crippen molar-refractivity contribution in [2.75, 3.05) is 23.4 Å². The molecule has 1 saturated heterocycles. The Hall–Kier alpha value is -2.82. The third-order valence-electron chi connectivity index (χ3n) is 4.70. The molecular formula is C22H26N2O3. The largest absolute Gasteiger partial charge is 0.494 e. The van der Waals surface area contributed by atoms with E-state index < -0.39 is 0 Å². The van der Waals surface area contributed by atoms with Crippen molar-refractivity contribution in [2.24, 2.45) is 5.92 Å². The highest BCUT2D eigenvalue weighted by Crippen LogP contribution is 2.26. The van der Waals surface area contributed by atoms with Crippen LogP contribution in [0, 0.1) is 5.92 Å². The lowest BCUT2D eigenvalue weighted by molar-refractivity contribution is -0.122. The second-order valence-corrected chi connectivity index (χ2v) is 6.81. The number of benzene rings is 2. The lowest BCUT2D eigenvalue weighted by Crippen LogP contribution is -2.28. The minimum Gasteiger partial charge on any atom is -0.494 e. The first-order valence-corrected chi connectivity index (χ1v) is 9.56. The van der Waals surface area contributed by atoms with Gasteiger partial charge in [-0.15, -0.1) is 0 Å². The third-order valence-corrected chi connectivity index (χ3v) is 4.70. The number of rotatable bonds is 8. The highest BCUT2D eigenvalue weighted by molar-refractivity contribution is 6.03. The van der Waals surface area contributed by atoms with Gasteiger partial charge in [0.1, 0.15) is 5.75 Å². The molecule has 0 unspecified atom stereocenters. The van der Waals surface area contributed by atoms with E-state index in [1.54, 1.807) is 4.90 Å². The zero-order valence-corrected chi connectivity index (χ0v) is 15.7. The first kappa shape index (κ1) is 19.0. The van der Waals surface area contributed by atoms with Gasteiger partial charge in [0.25, 0.3) is 0 Å². The van der Waals surface area contributed by atoms with Gasteiger partial charge in [-0.1, -0.05) is 38.0 Å². The molecule has 2 aromatic carbocycles. The maximum atomic E-state index is 12.5. The van der Waals surface area contributed by atoms with Crippen LogP contribution in [-0.2, 0) is 9.59 Å². The first-order chi connectivity index (χ1) is 13.2. The number of unbranched alkanes of at least 4 members (excludes halogenated alkanes) is 2. The molecule has 0 aromatic heterocycles. The lowest BCUT2D eigenvalue weighted by atomic mass is 10.1. The number of amides is 2. The van der Waals surface area contributed by atoms with Gasteiger partial charge in [0.05, 0.1) is 12.5 Å². The average Bonchev–Trinajstić information content (AvgIpc) is 3.09. The Balaban J connectivity index is 1.52. The summed E-state index contributed by atoms with van der Waals surface area (Å²) in [6, 6.07) is 16.8. The number of carbonyl (C=O) groups excluding carboxylic acids is 2. The van der Waals surface area contributed by atoms with Gasteiger partial charge < -0.3 is 15.0 Å². The highest BCUT2D eigenvalue weighted by atomic mass is 16.5. The van der Waals surface area contributed by atoms with Crippen LogP contribution in [0.5, 0.6) is 5.75 Å². The summed E-state index contributed by atoms with van der Waals surface area (Å²) in [5.41, 5.74) is 1.55. The van der Waals surface area contributed by atoms with Crippen molar-refractivity contribution in [3.63, 3.8) is 0 Å². The standard InChI is InChI=1S/C22H26N2O3/c1-2-3-7-14-27-20-12-10-18(11-13-20)23-22(26)17-15-21(25)24(16-17)19-8-5-4-6-9-19/h4-6,8-13,17H,2-3,7,14-16H2,1H3,(H,23,26)/t17-/m1/s1. The predicted octanol–water partition coefficient (Wildman–Crippen LogP) is 4.25. The Labute approximate surface area is 160 Å². The predicted molar refractivity (Wildman–Crippen MR) is 107 cm³/mol. The number of ether oxygens (including phenoxy) is 1. The fraction of sp³-hybridized carbons (Fsp3) is 0.364. The molecule has 0 radical (unpaired) electrons. The van der Waals surface area contributed by atoms with Crippen LogP contribution in [0.15, 0.2) is 54.6 Å². The molecule has 1 aliphatic heterocycles. The van der Waals surface area contributed by atoms with Crippen molar-refractivity contribution in [3.8, 4) is 5.75 Å². The lowest BCUT2D eigenvalue weighted by Gasteiger charge is -2.16. The second kappa shape index (κ2) is 9.21. The summed E-state index contributed by atoms with van der Waals surface area (Å²) < 4.78 is 5.68. The van der Waals surface area contributed by atoms with Crippen molar-refractivity contribution in [3.05, 3.63) is 54.6 Å². The average molecular weight is 366 g/mol. The zero-order valence-electron chi connectivity index (χ0n) is 15.7. The van der Waals surface area contributed by atoms with E-state index >= 15 is 0 Å². The van der Waals surface area contributed by atoms with Gasteiger partial charge in [0.15, 0.2) is 0 Å². The van der Waals surface area contributed by atoms with E-state index in [0.29, 0.717) is 18.8 Å². The van der Waals surface area contributed by atoms with Gasteiger partial charge in [0, 0.05) is 24.3 Å². The first-order valence-electron chi connectivity index (χ1n) is 9.56. The number of nitrogens with zero attached hydrogens (tertiary/aromatic N) is 1. The Morgan fingerprint density at radius 1 is 1.11 bits per heavy atom. The molecule has 2 amide bonds. The quantitative estimate of drug-likeness (QED) is 0.711. The summed E-state index contributed by atoms with van der Waals surface area (Å²) in [4.78, 5) is 26.5. The number of nitrogens with one attached hydrogen (secondary N) is 1. The molecule has 2 aromatic rings. The summed E-state index contributed by atoms with van der Waals surface area (Å²) in [6.07, 6.45) is 3.61. The summed E-state index contributed by atoms with van der Waals surface area (Å²) in [5, 5.41) is 2.91. The molecule has 1 heterocycles. The van der Waals surface area contributed by atoms with Crippen molar-refractivity contribution in [2.45, 2.75) is 32.6 Å². The van der Waals surface area contributed by atoms with Crippen LogP contribution in [0.3, 0.4) is 0 Å². The van der Waals surface area contributed by atoms with E-state index in [0.717, 1.165) is 24.3 Å². The number of para-hydroxylation sites is 1. The summed E-state index contributed by atoms with van der Waals surface area (Å²) >= 11 is 0. The number of hydrogen-bond donors (Lipinski definition) is 1. The number of carbonyl (C=O) groups is 2. The molecule has 0 aliphatic carbocycles. The second-order valence-electron chi connectivity index (χ2n) is 6.81. The zero-order chi connectivity index (χ0) is 19.1. The molecule has 5 heteroatoms. The topological polar surface area (TPSA) is 58.6 Å². The third kappa shape index (κ3) is 5.09. The molecule has 1 atom stereocenters. The fourth-order valence-corrected chi connectivity index (χ4v) is 3.16.